The SMILES string of the molecule is COC(=O)NC(=S)Nc1ccccc1NC(=O)CN(C)C. The molecule has 7 nitrogen and oxygen atoms in total. The molecule has 114 valence electrons. The number of carbonyl (C=O) groups excluding carboxylic acids is 2. The molecule has 1 rings (SSSR count). The molecule has 0 saturated carbocycles. The van der Waals surface area contributed by atoms with Crippen molar-refractivity contribution in [2.24, 2.45) is 0 Å². The van der Waals surface area contributed by atoms with Crippen molar-refractivity contribution in [3.63, 3.8) is 0 Å². The van der Waals surface area contributed by atoms with Gasteiger partial charge in [-0.3, -0.25) is 10.1 Å². The molecule has 1 aromatic rings. The standard InChI is InChI=1S/C13H18N4O3S/c1-17(2)8-11(18)14-9-6-4-5-7-10(9)15-12(21)16-13(19)20-3/h4-7H,8H2,1-3H3,(H,14,18)(H2,15,16,19,21). The molecule has 0 radical (unpaired) electrons. The summed E-state index contributed by atoms with van der Waals surface area (Å²) in [7, 11) is 4.85. The first-order valence-corrected chi connectivity index (χ1v) is 6.52. The molecule has 0 aliphatic heterocycles. The van der Waals surface area contributed by atoms with E-state index >= 15 is 0 Å². The minimum Gasteiger partial charge on any atom is -0.453 e. The van der Waals surface area contributed by atoms with Crippen molar-refractivity contribution in [1.29, 1.82) is 0 Å². The van der Waals surface area contributed by atoms with Gasteiger partial charge in [0.1, 0.15) is 0 Å². The second kappa shape index (κ2) is 8.18. The molecule has 0 heterocycles. The third-order valence-electron chi connectivity index (χ3n) is 2.31. The van der Waals surface area contributed by atoms with Crippen molar-refractivity contribution < 1.29 is 14.3 Å². The Morgan fingerprint density at radius 1 is 1.19 bits per heavy atom. The fraction of sp³-hybridized carbons (Fsp3) is 0.308. The highest BCUT2D eigenvalue weighted by atomic mass is 32.1. The molecule has 0 fully saturated rings. The van der Waals surface area contributed by atoms with Gasteiger partial charge in [0.2, 0.25) is 5.91 Å². The third-order valence-corrected chi connectivity index (χ3v) is 2.51. The van der Waals surface area contributed by atoms with E-state index in [-0.39, 0.29) is 17.6 Å². The number of thiocarbonyl (C=S) groups is 1. The zero-order valence-electron chi connectivity index (χ0n) is 12.1. The lowest BCUT2D eigenvalue weighted by Crippen LogP contribution is -2.34. The van der Waals surface area contributed by atoms with Gasteiger partial charge in [-0.25, -0.2) is 4.79 Å². The van der Waals surface area contributed by atoms with E-state index in [0.29, 0.717) is 11.4 Å². The molecule has 0 aliphatic carbocycles. The summed E-state index contributed by atoms with van der Waals surface area (Å²) in [5.41, 5.74) is 1.14. The van der Waals surface area contributed by atoms with Crippen molar-refractivity contribution >= 4 is 40.7 Å². The van der Waals surface area contributed by atoms with Crippen LogP contribution in [0.5, 0.6) is 0 Å². The van der Waals surface area contributed by atoms with Gasteiger partial charge in [0.25, 0.3) is 0 Å². The fourth-order valence-electron chi connectivity index (χ4n) is 1.48. The van der Waals surface area contributed by atoms with Gasteiger partial charge < -0.3 is 20.3 Å². The number of likely N-dealkylation sites (N-methyl/N-ethyl adjacent to an activating group) is 1. The molecule has 0 unspecified atom stereocenters. The molecule has 0 aliphatic rings. The van der Waals surface area contributed by atoms with Crippen LogP contribution in [0.15, 0.2) is 24.3 Å². The highest BCUT2D eigenvalue weighted by molar-refractivity contribution is 7.80. The van der Waals surface area contributed by atoms with Gasteiger partial charge in [-0.2, -0.15) is 0 Å². The van der Waals surface area contributed by atoms with Gasteiger partial charge in [-0.05, 0) is 38.4 Å². The van der Waals surface area contributed by atoms with Crippen LogP contribution < -0.4 is 16.0 Å². The summed E-state index contributed by atoms with van der Waals surface area (Å²) in [6.07, 6.45) is -0.665. The number of ether oxygens (including phenoxy) is 1. The molecule has 0 saturated heterocycles. The fourth-order valence-corrected chi connectivity index (χ4v) is 1.67. The van der Waals surface area contributed by atoms with Crippen molar-refractivity contribution in [1.82, 2.24) is 10.2 Å². The Kier molecular flexibility index (Phi) is 6.57. The summed E-state index contributed by atoms with van der Waals surface area (Å²) in [6.45, 7) is 0.263. The molecule has 0 bridgehead atoms. The predicted octanol–water partition coefficient (Wildman–Crippen LogP) is 1.24. The summed E-state index contributed by atoms with van der Waals surface area (Å²) >= 11 is 4.98. The Labute approximate surface area is 128 Å². The number of nitrogens with one attached hydrogen (secondary N) is 3. The van der Waals surface area contributed by atoms with Crippen LogP contribution in [0.3, 0.4) is 0 Å². The maximum atomic E-state index is 11.8. The molecule has 3 N–H and O–H groups in total. The smallest absolute Gasteiger partial charge is 0.413 e. The average molecular weight is 310 g/mol. The summed E-state index contributed by atoms with van der Waals surface area (Å²) < 4.78 is 4.44. The second-order valence-corrected chi connectivity index (χ2v) is 4.81. The normalized spacial score (nSPS) is 9.90. The third kappa shape index (κ3) is 6.19. The van der Waals surface area contributed by atoms with Crippen LogP contribution >= 0.6 is 12.2 Å². The van der Waals surface area contributed by atoms with Crippen LogP contribution in [0.2, 0.25) is 0 Å². The molecular formula is C13H18N4O3S. The van der Waals surface area contributed by atoms with Gasteiger partial charge in [-0.1, -0.05) is 12.1 Å². The largest absolute Gasteiger partial charge is 0.453 e. The van der Waals surface area contributed by atoms with E-state index in [9.17, 15) is 9.59 Å². The van der Waals surface area contributed by atoms with Crippen LogP contribution in [-0.4, -0.2) is 49.8 Å². The van der Waals surface area contributed by atoms with Crippen LogP contribution in [0.1, 0.15) is 0 Å². The lowest BCUT2D eigenvalue weighted by Gasteiger charge is -2.15. The van der Waals surface area contributed by atoms with Gasteiger partial charge in [0, 0.05) is 0 Å². The first-order valence-electron chi connectivity index (χ1n) is 6.12. The topological polar surface area (TPSA) is 82.7 Å². The Balaban J connectivity index is 2.73. The highest BCUT2D eigenvalue weighted by Crippen LogP contribution is 2.20. The van der Waals surface area contributed by atoms with E-state index < -0.39 is 6.09 Å². The first kappa shape index (κ1) is 16.9. The number of rotatable bonds is 4. The van der Waals surface area contributed by atoms with Crippen LogP contribution in [0.25, 0.3) is 0 Å². The Morgan fingerprint density at radius 2 is 1.76 bits per heavy atom. The number of carbonyl (C=O) groups is 2. The molecule has 0 spiro atoms. The molecule has 0 aromatic heterocycles. The van der Waals surface area contributed by atoms with Crippen LogP contribution in [0.4, 0.5) is 16.2 Å². The van der Waals surface area contributed by atoms with E-state index in [1.165, 1.54) is 7.11 Å². The zero-order chi connectivity index (χ0) is 15.8. The van der Waals surface area contributed by atoms with Crippen LogP contribution in [0, 0.1) is 0 Å². The molecule has 0 atom stereocenters. The lowest BCUT2D eigenvalue weighted by atomic mass is 10.2. The van der Waals surface area contributed by atoms with E-state index in [4.69, 9.17) is 12.2 Å². The van der Waals surface area contributed by atoms with Gasteiger partial charge in [-0.15, -0.1) is 0 Å². The molecule has 1 aromatic carbocycles. The summed E-state index contributed by atoms with van der Waals surface area (Å²) in [4.78, 5) is 24.6. The van der Waals surface area contributed by atoms with Gasteiger partial charge >= 0.3 is 6.09 Å². The quantitative estimate of drug-likeness (QED) is 0.726. The average Bonchev–Trinajstić information content (AvgIpc) is 2.39. The van der Waals surface area contributed by atoms with Gasteiger partial charge in [0.15, 0.2) is 5.11 Å². The van der Waals surface area contributed by atoms with E-state index in [0.717, 1.165) is 0 Å². The minimum absolute atomic E-state index is 0.0798. The number of methoxy groups -OCH3 is 1. The second-order valence-electron chi connectivity index (χ2n) is 4.40. The number of alkyl carbamates (subject to hydrolysis) is 1. The van der Waals surface area contributed by atoms with Crippen molar-refractivity contribution in [2.45, 2.75) is 0 Å². The number of para-hydroxylation sites is 2. The van der Waals surface area contributed by atoms with Crippen molar-refractivity contribution in [3.05, 3.63) is 24.3 Å². The highest BCUT2D eigenvalue weighted by Gasteiger charge is 2.09. The molecule has 21 heavy (non-hydrogen) atoms. The van der Waals surface area contributed by atoms with E-state index in [1.807, 2.05) is 0 Å². The monoisotopic (exact) mass is 310 g/mol. The van der Waals surface area contributed by atoms with Gasteiger partial charge in [0.05, 0.1) is 25.0 Å². The number of nitrogens with zero attached hydrogens (tertiary/aromatic N) is 1. The van der Waals surface area contributed by atoms with E-state index in [2.05, 4.69) is 20.7 Å². The molecule has 2 amide bonds. The number of hydrogen-bond donors (Lipinski definition) is 3. The summed E-state index contributed by atoms with van der Waals surface area (Å²) in [5.74, 6) is -0.152. The predicted molar refractivity (Wildman–Crippen MR) is 85.4 cm³/mol. The minimum atomic E-state index is -0.665. The number of benzene rings is 1. The first-order chi connectivity index (χ1) is 9.92. The maximum Gasteiger partial charge on any atom is 0.413 e. The van der Waals surface area contributed by atoms with Crippen molar-refractivity contribution in [2.75, 3.05) is 38.4 Å². The van der Waals surface area contributed by atoms with E-state index in [1.54, 1.807) is 43.3 Å². The Hall–Kier alpha value is -2.19. The lowest BCUT2D eigenvalue weighted by molar-refractivity contribution is -0.116. The maximum absolute atomic E-state index is 11.8. The summed E-state index contributed by atoms with van der Waals surface area (Å²) in [6, 6.07) is 7.03. The van der Waals surface area contributed by atoms with Crippen LogP contribution in [-0.2, 0) is 9.53 Å². The Morgan fingerprint density at radius 3 is 2.29 bits per heavy atom. The molecular weight excluding hydrogens is 292 g/mol. The molecule has 8 heteroatoms. The summed E-state index contributed by atoms with van der Waals surface area (Å²) in [5, 5.41) is 8.00. The Bertz CT molecular complexity index is 534. The van der Waals surface area contributed by atoms with Crippen molar-refractivity contribution in [3.8, 4) is 0 Å². The number of hydrogen-bond acceptors (Lipinski definition) is 5. The zero-order valence-corrected chi connectivity index (χ0v) is 12.9. The number of anilines is 2. The number of amides is 2.